The summed E-state index contributed by atoms with van der Waals surface area (Å²) < 4.78 is 0. The third-order valence-electron chi connectivity index (χ3n) is 3.74. The van der Waals surface area contributed by atoms with E-state index in [1.165, 1.54) is 12.8 Å². The first-order valence-corrected chi connectivity index (χ1v) is 7.33. The number of nitrogens with zero attached hydrogens (tertiary/aromatic N) is 1. The second-order valence-electron chi connectivity index (χ2n) is 5.44. The van der Waals surface area contributed by atoms with Crippen LogP contribution in [-0.2, 0) is 4.79 Å². The minimum absolute atomic E-state index is 0.0420. The Balaban J connectivity index is 2.01. The zero-order valence-corrected chi connectivity index (χ0v) is 11.7. The van der Waals surface area contributed by atoms with E-state index in [4.69, 9.17) is 5.73 Å². The van der Waals surface area contributed by atoms with Gasteiger partial charge in [-0.25, -0.2) is 0 Å². The fraction of sp³-hybridized carbons (Fsp3) is 0.562. The van der Waals surface area contributed by atoms with Gasteiger partial charge in [-0.15, -0.1) is 0 Å². The van der Waals surface area contributed by atoms with E-state index in [2.05, 4.69) is 6.92 Å². The minimum atomic E-state index is 0.0420. The molecule has 0 aliphatic heterocycles. The molecule has 104 valence electrons. The quantitative estimate of drug-likeness (QED) is 0.819. The molecule has 1 unspecified atom stereocenters. The van der Waals surface area contributed by atoms with Gasteiger partial charge in [-0.2, -0.15) is 0 Å². The van der Waals surface area contributed by atoms with E-state index in [1.54, 1.807) is 0 Å². The van der Waals surface area contributed by atoms with E-state index in [1.807, 2.05) is 35.2 Å². The van der Waals surface area contributed by atoms with E-state index in [0.29, 0.717) is 12.3 Å². The number of benzene rings is 1. The van der Waals surface area contributed by atoms with Crippen molar-refractivity contribution in [3.63, 3.8) is 0 Å². The number of anilines is 1. The first-order valence-electron chi connectivity index (χ1n) is 7.33. The average molecular weight is 260 g/mol. The second kappa shape index (κ2) is 6.71. The third kappa shape index (κ3) is 4.06. The number of rotatable bonds is 7. The van der Waals surface area contributed by atoms with Crippen LogP contribution in [0.4, 0.5) is 5.69 Å². The van der Waals surface area contributed by atoms with Crippen LogP contribution in [0.3, 0.4) is 0 Å². The SMILES string of the molecule is CCCCN(C(=O)CC(N)C1CC1)c1ccccc1. The summed E-state index contributed by atoms with van der Waals surface area (Å²) in [6.07, 6.45) is 4.97. The van der Waals surface area contributed by atoms with E-state index >= 15 is 0 Å². The number of hydrogen-bond donors (Lipinski definition) is 1. The highest BCUT2D eigenvalue weighted by molar-refractivity contribution is 5.93. The van der Waals surface area contributed by atoms with Gasteiger partial charge in [0.25, 0.3) is 0 Å². The van der Waals surface area contributed by atoms with Crippen LogP contribution in [0.1, 0.15) is 39.0 Å². The molecule has 0 heterocycles. The van der Waals surface area contributed by atoms with Gasteiger partial charge in [-0.05, 0) is 37.3 Å². The molecule has 0 aromatic heterocycles. The summed E-state index contributed by atoms with van der Waals surface area (Å²) in [6, 6.07) is 9.96. The number of unbranched alkanes of at least 4 members (excludes halogenated alkanes) is 1. The Morgan fingerprint density at radius 1 is 1.37 bits per heavy atom. The lowest BCUT2D eigenvalue weighted by Gasteiger charge is -2.24. The molecule has 0 saturated heterocycles. The van der Waals surface area contributed by atoms with Gasteiger partial charge in [0.1, 0.15) is 0 Å². The maximum absolute atomic E-state index is 12.4. The monoisotopic (exact) mass is 260 g/mol. The molecule has 1 aliphatic carbocycles. The predicted octanol–water partition coefficient (Wildman–Crippen LogP) is 2.95. The van der Waals surface area contributed by atoms with Gasteiger partial charge in [-0.1, -0.05) is 31.5 Å². The van der Waals surface area contributed by atoms with Crippen LogP contribution < -0.4 is 10.6 Å². The fourth-order valence-electron chi connectivity index (χ4n) is 2.32. The van der Waals surface area contributed by atoms with E-state index < -0.39 is 0 Å². The zero-order valence-electron chi connectivity index (χ0n) is 11.7. The van der Waals surface area contributed by atoms with Gasteiger partial charge in [0.15, 0.2) is 0 Å². The molecule has 0 spiro atoms. The van der Waals surface area contributed by atoms with Crippen LogP contribution in [0, 0.1) is 5.92 Å². The molecule has 1 aliphatic rings. The highest BCUT2D eigenvalue weighted by Crippen LogP contribution is 2.33. The molecule has 0 radical (unpaired) electrons. The molecule has 1 aromatic carbocycles. The topological polar surface area (TPSA) is 46.3 Å². The lowest BCUT2D eigenvalue weighted by atomic mass is 10.1. The van der Waals surface area contributed by atoms with Crippen molar-refractivity contribution in [1.82, 2.24) is 0 Å². The fourth-order valence-corrected chi connectivity index (χ4v) is 2.32. The normalized spacial score (nSPS) is 16.1. The molecular weight excluding hydrogens is 236 g/mol. The number of para-hydroxylation sites is 1. The lowest BCUT2D eigenvalue weighted by molar-refractivity contribution is -0.119. The maximum atomic E-state index is 12.4. The van der Waals surface area contributed by atoms with Gasteiger partial charge in [0.2, 0.25) is 5.91 Å². The molecule has 1 aromatic rings. The smallest absolute Gasteiger partial charge is 0.228 e. The van der Waals surface area contributed by atoms with Gasteiger partial charge in [0, 0.05) is 24.7 Å². The molecule has 2 rings (SSSR count). The molecule has 3 nitrogen and oxygen atoms in total. The summed E-state index contributed by atoms with van der Waals surface area (Å²) in [5.74, 6) is 0.742. The molecule has 1 atom stereocenters. The largest absolute Gasteiger partial charge is 0.327 e. The van der Waals surface area contributed by atoms with E-state index in [9.17, 15) is 4.79 Å². The second-order valence-corrected chi connectivity index (χ2v) is 5.44. The number of carbonyl (C=O) groups excluding carboxylic acids is 1. The first-order chi connectivity index (χ1) is 9.22. The molecule has 0 bridgehead atoms. The number of nitrogens with two attached hydrogens (primary N) is 1. The van der Waals surface area contributed by atoms with Crippen LogP contribution in [0.2, 0.25) is 0 Å². The summed E-state index contributed by atoms with van der Waals surface area (Å²) >= 11 is 0. The third-order valence-corrected chi connectivity index (χ3v) is 3.74. The van der Waals surface area contributed by atoms with Crippen molar-refractivity contribution in [2.45, 2.75) is 45.1 Å². The first kappa shape index (κ1) is 14.1. The standard InChI is InChI=1S/C16H24N2O/c1-2-3-11-18(14-7-5-4-6-8-14)16(19)12-15(17)13-9-10-13/h4-8,13,15H,2-3,9-12,17H2,1H3. The average Bonchev–Trinajstić information content (AvgIpc) is 3.24. The van der Waals surface area contributed by atoms with Gasteiger partial charge in [0.05, 0.1) is 0 Å². The Morgan fingerprint density at radius 3 is 2.63 bits per heavy atom. The molecule has 1 saturated carbocycles. The van der Waals surface area contributed by atoms with Crippen LogP contribution in [0.25, 0.3) is 0 Å². The Morgan fingerprint density at radius 2 is 2.05 bits per heavy atom. The molecule has 3 heteroatoms. The van der Waals surface area contributed by atoms with Crippen LogP contribution in [-0.4, -0.2) is 18.5 Å². The van der Waals surface area contributed by atoms with E-state index in [0.717, 1.165) is 25.1 Å². The van der Waals surface area contributed by atoms with Crippen molar-refractivity contribution in [2.75, 3.05) is 11.4 Å². The maximum Gasteiger partial charge on any atom is 0.228 e. The zero-order chi connectivity index (χ0) is 13.7. The van der Waals surface area contributed by atoms with Crippen molar-refractivity contribution in [3.8, 4) is 0 Å². The van der Waals surface area contributed by atoms with Gasteiger partial charge in [-0.3, -0.25) is 4.79 Å². The summed E-state index contributed by atoms with van der Waals surface area (Å²) in [5.41, 5.74) is 7.07. The molecular formula is C16H24N2O. The molecule has 19 heavy (non-hydrogen) atoms. The Labute approximate surface area is 115 Å². The van der Waals surface area contributed by atoms with Gasteiger partial charge < -0.3 is 10.6 Å². The van der Waals surface area contributed by atoms with Gasteiger partial charge >= 0.3 is 0 Å². The Kier molecular flexibility index (Phi) is 4.97. The minimum Gasteiger partial charge on any atom is -0.327 e. The highest BCUT2D eigenvalue weighted by Gasteiger charge is 2.31. The van der Waals surface area contributed by atoms with Crippen LogP contribution >= 0.6 is 0 Å². The highest BCUT2D eigenvalue weighted by atomic mass is 16.2. The molecule has 2 N–H and O–H groups in total. The van der Waals surface area contributed by atoms with Crippen molar-refractivity contribution in [2.24, 2.45) is 11.7 Å². The Hall–Kier alpha value is -1.35. The number of hydrogen-bond acceptors (Lipinski definition) is 2. The summed E-state index contributed by atoms with van der Waals surface area (Å²) in [4.78, 5) is 14.3. The van der Waals surface area contributed by atoms with Crippen LogP contribution in [0.15, 0.2) is 30.3 Å². The predicted molar refractivity (Wildman–Crippen MR) is 79.0 cm³/mol. The van der Waals surface area contributed by atoms with E-state index in [-0.39, 0.29) is 11.9 Å². The van der Waals surface area contributed by atoms with Crippen molar-refractivity contribution in [1.29, 1.82) is 0 Å². The number of carbonyl (C=O) groups is 1. The summed E-state index contributed by atoms with van der Waals surface area (Å²) in [6.45, 7) is 2.93. The van der Waals surface area contributed by atoms with Crippen molar-refractivity contribution >= 4 is 11.6 Å². The molecule has 1 amide bonds. The van der Waals surface area contributed by atoms with Crippen LogP contribution in [0.5, 0.6) is 0 Å². The Bertz CT molecular complexity index is 400. The number of amides is 1. The summed E-state index contributed by atoms with van der Waals surface area (Å²) in [5, 5.41) is 0. The van der Waals surface area contributed by atoms with Crippen molar-refractivity contribution < 1.29 is 4.79 Å². The molecule has 1 fully saturated rings. The summed E-state index contributed by atoms with van der Waals surface area (Å²) in [7, 11) is 0. The lowest BCUT2D eigenvalue weighted by Crippen LogP contribution is -2.37. The van der Waals surface area contributed by atoms with Crippen molar-refractivity contribution in [3.05, 3.63) is 30.3 Å².